The lowest BCUT2D eigenvalue weighted by Gasteiger charge is -2.10. The van der Waals surface area contributed by atoms with E-state index in [4.69, 9.17) is 16.1 Å². The zero-order chi connectivity index (χ0) is 13.9. The summed E-state index contributed by atoms with van der Waals surface area (Å²) in [6.45, 7) is 3.02. The fraction of sp³-hybridized carbons (Fsp3) is 0.467. The normalized spacial score (nSPS) is 19.8. The summed E-state index contributed by atoms with van der Waals surface area (Å²) >= 11 is 5.97. The van der Waals surface area contributed by atoms with E-state index < -0.39 is 0 Å². The Morgan fingerprint density at radius 2 is 2.20 bits per heavy atom. The minimum atomic E-state index is 0.211. The van der Waals surface area contributed by atoms with E-state index in [1.54, 1.807) is 0 Å². The fourth-order valence-corrected chi connectivity index (χ4v) is 2.83. The van der Waals surface area contributed by atoms with Gasteiger partial charge in [-0.3, -0.25) is 0 Å². The van der Waals surface area contributed by atoms with Crippen molar-refractivity contribution in [3.8, 4) is 11.5 Å². The molecule has 1 N–H and O–H groups in total. The zero-order valence-corrected chi connectivity index (χ0v) is 12.3. The number of nitrogens with zero attached hydrogens (tertiary/aromatic N) is 2. The Morgan fingerprint density at radius 3 is 3.05 bits per heavy atom. The molecule has 3 rings (SSSR count). The van der Waals surface area contributed by atoms with Gasteiger partial charge < -0.3 is 9.84 Å². The topological polar surface area (TPSA) is 51.0 Å². The summed E-state index contributed by atoms with van der Waals surface area (Å²) in [6.07, 6.45) is 4.77. The molecular formula is C15H18ClN3O. The van der Waals surface area contributed by atoms with Gasteiger partial charge in [-0.15, -0.1) is 0 Å². The summed E-state index contributed by atoms with van der Waals surface area (Å²) in [6, 6.07) is 5.89. The molecule has 0 saturated carbocycles. The lowest BCUT2D eigenvalue weighted by atomic mass is 10.1. The Kier molecular flexibility index (Phi) is 4.03. The average Bonchev–Trinajstić information content (AvgIpc) is 2.74. The molecule has 4 nitrogen and oxygen atoms in total. The third kappa shape index (κ3) is 2.86. The van der Waals surface area contributed by atoms with Crippen molar-refractivity contribution in [2.24, 2.45) is 0 Å². The van der Waals surface area contributed by atoms with Crippen LogP contribution >= 0.6 is 11.6 Å². The number of halogens is 1. The smallest absolute Gasteiger partial charge is 0.258 e. The molecule has 106 valence electrons. The second-order valence-electron chi connectivity index (χ2n) is 5.27. The van der Waals surface area contributed by atoms with Crippen LogP contribution in [0.5, 0.6) is 0 Å². The first-order chi connectivity index (χ1) is 9.74. The van der Waals surface area contributed by atoms with E-state index in [1.807, 2.05) is 25.1 Å². The SMILES string of the molecule is Cc1cc(Cl)ccc1-c1nc(C2CCCCCN2)no1. The van der Waals surface area contributed by atoms with Crippen molar-refractivity contribution in [3.63, 3.8) is 0 Å². The Bertz CT molecular complexity index is 589. The number of benzene rings is 1. The Hall–Kier alpha value is -1.39. The van der Waals surface area contributed by atoms with Gasteiger partial charge in [-0.25, -0.2) is 0 Å². The maximum Gasteiger partial charge on any atom is 0.258 e. The molecule has 1 aromatic carbocycles. The molecule has 0 radical (unpaired) electrons. The number of aromatic nitrogens is 2. The van der Waals surface area contributed by atoms with E-state index in [0.717, 1.165) is 34.9 Å². The van der Waals surface area contributed by atoms with Gasteiger partial charge >= 0.3 is 0 Å². The lowest BCUT2D eigenvalue weighted by molar-refractivity contribution is 0.402. The predicted octanol–water partition coefficient (Wildman–Crippen LogP) is 3.90. The molecule has 2 heterocycles. The minimum absolute atomic E-state index is 0.211. The summed E-state index contributed by atoms with van der Waals surface area (Å²) in [5, 5.41) is 8.34. The van der Waals surface area contributed by atoms with Crippen LogP contribution in [0.3, 0.4) is 0 Å². The van der Waals surface area contributed by atoms with E-state index in [2.05, 4.69) is 15.5 Å². The fourth-order valence-electron chi connectivity index (χ4n) is 2.60. The molecule has 1 saturated heterocycles. The van der Waals surface area contributed by atoms with E-state index in [-0.39, 0.29) is 6.04 Å². The van der Waals surface area contributed by atoms with Gasteiger partial charge in [0.2, 0.25) is 0 Å². The molecule has 1 aliphatic heterocycles. The summed E-state index contributed by atoms with van der Waals surface area (Å²) in [7, 11) is 0. The number of hydrogen-bond acceptors (Lipinski definition) is 4. The highest BCUT2D eigenvalue weighted by Gasteiger charge is 2.20. The third-order valence-corrected chi connectivity index (χ3v) is 3.97. The number of hydrogen-bond donors (Lipinski definition) is 1. The quantitative estimate of drug-likeness (QED) is 0.911. The van der Waals surface area contributed by atoms with Crippen LogP contribution in [0.1, 0.15) is 43.1 Å². The standard InChI is InChI=1S/C15H18ClN3O/c1-10-9-11(16)6-7-12(10)15-18-14(19-20-15)13-5-3-2-4-8-17-13/h6-7,9,13,17H,2-5,8H2,1H3. The second-order valence-corrected chi connectivity index (χ2v) is 5.71. The number of aryl methyl sites for hydroxylation is 1. The monoisotopic (exact) mass is 291 g/mol. The van der Waals surface area contributed by atoms with Crippen molar-refractivity contribution in [1.82, 2.24) is 15.5 Å². The zero-order valence-electron chi connectivity index (χ0n) is 11.5. The van der Waals surface area contributed by atoms with Gasteiger partial charge in [0.05, 0.1) is 6.04 Å². The molecule has 1 atom stereocenters. The largest absolute Gasteiger partial charge is 0.334 e. The molecule has 1 aromatic heterocycles. The maximum atomic E-state index is 5.97. The summed E-state index contributed by atoms with van der Waals surface area (Å²) in [4.78, 5) is 4.55. The molecule has 0 bridgehead atoms. The van der Waals surface area contributed by atoms with Crippen LogP contribution in [0.15, 0.2) is 22.7 Å². The number of nitrogens with one attached hydrogen (secondary N) is 1. The van der Waals surface area contributed by atoms with Crippen LogP contribution in [0.2, 0.25) is 5.02 Å². The van der Waals surface area contributed by atoms with Crippen LogP contribution in [-0.4, -0.2) is 16.7 Å². The maximum absolute atomic E-state index is 5.97. The van der Waals surface area contributed by atoms with E-state index >= 15 is 0 Å². The molecule has 1 aliphatic rings. The van der Waals surface area contributed by atoms with Crippen molar-refractivity contribution in [2.75, 3.05) is 6.54 Å². The van der Waals surface area contributed by atoms with Crippen molar-refractivity contribution in [2.45, 2.75) is 38.6 Å². The summed E-state index contributed by atoms with van der Waals surface area (Å²) in [5.74, 6) is 1.33. The van der Waals surface area contributed by atoms with Crippen molar-refractivity contribution in [1.29, 1.82) is 0 Å². The van der Waals surface area contributed by atoms with Crippen molar-refractivity contribution < 1.29 is 4.52 Å². The highest BCUT2D eigenvalue weighted by Crippen LogP contribution is 2.27. The molecule has 20 heavy (non-hydrogen) atoms. The molecule has 2 aromatic rings. The Morgan fingerprint density at radius 1 is 1.30 bits per heavy atom. The van der Waals surface area contributed by atoms with Crippen molar-refractivity contribution in [3.05, 3.63) is 34.6 Å². The van der Waals surface area contributed by atoms with Gasteiger partial charge in [0.25, 0.3) is 5.89 Å². The molecule has 0 aliphatic carbocycles. The average molecular weight is 292 g/mol. The first-order valence-corrected chi connectivity index (χ1v) is 7.45. The first-order valence-electron chi connectivity index (χ1n) is 7.07. The molecular weight excluding hydrogens is 274 g/mol. The van der Waals surface area contributed by atoms with Gasteiger partial charge in [0, 0.05) is 10.6 Å². The van der Waals surface area contributed by atoms with Crippen LogP contribution in [-0.2, 0) is 0 Å². The molecule has 1 fully saturated rings. The van der Waals surface area contributed by atoms with Crippen LogP contribution in [0, 0.1) is 6.92 Å². The van der Waals surface area contributed by atoms with Gasteiger partial charge in [-0.2, -0.15) is 4.98 Å². The van der Waals surface area contributed by atoms with Crippen LogP contribution in [0.25, 0.3) is 11.5 Å². The third-order valence-electron chi connectivity index (χ3n) is 3.73. The van der Waals surface area contributed by atoms with Crippen LogP contribution in [0.4, 0.5) is 0 Å². The van der Waals surface area contributed by atoms with Gasteiger partial charge in [-0.05, 0) is 50.1 Å². The second kappa shape index (κ2) is 5.94. The number of rotatable bonds is 2. The minimum Gasteiger partial charge on any atom is -0.334 e. The summed E-state index contributed by atoms with van der Waals surface area (Å²) < 4.78 is 5.42. The van der Waals surface area contributed by atoms with Crippen molar-refractivity contribution >= 4 is 11.6 Å². The van der Waals surface area contributed by atoms with Gasteiger partial charge in [0.1, 0.15) is 0 Å². The van der Waals surface area contributed by atoms with E-state index in [0.29, 0.717) is 5.89 Å². The Balaban J connectivity index is 1.85. The molecule has 0 amide bonds. The van der Waals surface area contributed by atoms with Crippen LogP contribution < -0.4 is 5.32 Å². The highest BCUT2D eigenvalue weighted by molar-refractivity contribution is 6.30. The Labute approximate surface area is 123 Å². The first kappa shape index (κ1) is 13.6. The molecule has 5 heteroatoms. The molecule has 0 spiro atoms. The lowest BCUT2D eigenvalue weighted by Crippen LogP contribution is -2.21. The highest BCUT2D eigenvalue weighted by atomic mass is 35.5. The van der Waals surface area contributed by atoms with Gasteiger partial charge in [-0.1, -0.05) is 29.6 Å². The molecule has 1 unspecified atom stereocenters. The predicted molar refractivity (Wildman–Crippen MR) is 78.7 cm³/mol. The van der Waals surface area contributed by atoms with Gasteiger partial charge in [0.15, 0.2) is 5.82 Å². The summed E-state index contributed by atoms with van der Waals surface area (Å²) in [5.41, 5.74) is 1.99. The van der Waals surface area contributed by atoms with E-state index in [9.17, 15) is 0 Å². The van der Waals surface area contributed by atoms with E-state index in [1.165, 1.54) is 19.3 Å².